The van der Waals surface area contributed by atoms with Crippen LogP contribution in [0.5, 0.6) is 0 Å². The zero-order valence-corrected chi connectivity index (χ0v) is 9.74. The zero-order chi connectivity index (χ0) is 11.1. The third kappa shape index (κ3) is 1.78. The molecule has 0 unspecified atom stereocenters. The van der Waals surface area contributed by atoms with Gasteiger partial charge in [0, 0.05) is 31.1 Å². The highest BCUT2D eigenvalue weighted by Crippen LogP contribution is 2.29. The average Bonchev–Trinajstić information content (AvgIpc) is 3.00. The van der Waals surface area contributed by atoms with Crippen molar-refractivity contribution in [3.05, 3.63) is 17.1 Å². The fourth-order valence-corrected chi connectivity index (χ4v) is 2.58. The van der Waals surface area contributed by atoms with Crippen molar-refractivity contribution in [1.29, 1.82) is 0 Å². The first-order valence-electron chi connectivity index (χ1n) is 6.10. The number of fused-ring (bicyclic) bond motifs is 1. The molecule has 16 heavy (non-hydrogen) atoms. The summed E-state index contributed by atoms with van der Waals surface area (Å²) in [5.41, 5.74) is 8.34. The molecule has 1 aliphatic heterocycles. The molecule has 0 saturated heterocycles. The molecule has 4 nitrogen and oxygen atoms in total. The third-order valence-corrected chi connectivity index (χ3v) is 3.58. The van der Waals surface area contributed by atoms with Crippen LogP contribution in [-0.2, 0) is 12.8 Å². The number of nitrogen functional groups attached to an aromatic ring is 1. The summed E-state index contributed by atoms with van der Waals surface area (Å²) in [6.45, 7) is 4.17. The van der Waals surface area contributed by atoms with E-state index in [1.165, 1.54) is 24.1 Å². The lowest BCUT2D eigenvalue weighted by atomic mass is 10.1. The van der Waals surface area contributed by atoms with Crippen LogP contribution in [0, 0.1) is 6.92 Å². The van der Waals surface area contributed by atoms with E-state index in [1.807, 2.05) is 6.92 Å². The molecule has 0 aromatic carbocycles. The molecule has 2 aliphatic rings. The normalized spacial score (nSPS) is 21.6. The van der Waals surface area contributed by atoms with Crippen LogP contribution >= 0.6 is 0 Å². The Bertz CT molecular complexity index is 412. The second-order valence-corrected chi connectivity index (χ2v) is 4.85. The monoisotopic (exact) mass is 218 g/mol. The molecule has 1 aliphatic carbocycles. The van der Waals surface area contributed by atoms with E-state index in [0.29, 0.717) is 5.82 Å². The van der Waals surface area contributed by atoms with Gasteiger partial charge in [-0.15, -0.1) is 0 Å². The Hall–Kier alpha value is -1.16. The molecule has 0 spiro atoms. The Morgan fingerprint density at radius 3 is 2.69 bits per heavy atom. The van der Waals surface area contributed by atoms with Gasteiger partial charge in [0.25, 0.3) is 0 Å². The first-order chi connectivity index (χ1) is 7.74. The van der Waals surface area contributed by atoms with E-state index in [-0.39, 0.29) is 0 Å². The van der Waals surface area contributed by atoms with Gasteiger partial charge in [-0.2, -0.15) is 0 Å². The summed E-state index contributed by atoms with van der Waals surface area (Å²) in [6, 6.07) is 0.838. The minimum absolute atomic E-state index is 0.695. The molecule has 0 atom stereocenters. The van der Waals surface area contributed by atoms with E-state index < -0.39 is 0 Å². The first-order valence-corrected chi connectivity index (χ1v) is 6.10. The van der Waals surface area contributed by atoms with Crippen molar-refractivity contribution in [2.45, 2.75) is 38.6 Å². The summed E-state index contributed by atoms with van der Waals surface area (Å²) in [5, 5.41) is 0. The molecule has 0 radical (unpaired) electrons. The molecule has 0 amide bonds. The van der Waals surface area contributed by atoms with E-state index in [2.05, 4.69) is 14.9 Å². The van der Waals surface area contributed by atoms with Crippen molar-refractivity contribution in [3.63, 3.8) is 0 Å². The molecule has 1 aromatic rings. The molecule has 1 saturated carbocycles. The smallest absolute Gasteiger partial charge is 0.130 e. The predicted octanol–water partition coefficient (Wildman–Crippen LogP) is 0.930. The van der Waals surface area contributed by atoms with Crippen LogP contribution in [0.4, 0.5) is 5.82 Å². The van der Waals surface area contributed by atoms with Crippen LogP contribution in [0.1, 0.15) is 29.9 Å². The summed E-state index contributed by atoms with van der Waals surface area (Å²) in [4.78, 5) is 11.4. The van der Waals surface area contributed by atoms with Gasteiger partial charge in [-0.25, -0.2) is 9.97 Å². The number of rotatable bonds is 1. The van der Waals surface area contributed by atoms with E-state index in [9.17, 15) is 0 Å². The summed E-state index contributed by atoms with van der Waals surface area (Å²) in [6.07, 6.45) is 4.78. The van der Waals surface area contributed by atoms with Crippen LogP contribution in [-0.4, -0.2) is 34.0 Å². The predicted molar refractivity (Wildman–Crippen MR) is 63.2 cm³/mol. The highest BCUT2D eigenvalue weighted by molar-refractivity contribution is 5.43. The van der Waals surface area contributed by atoms with Crippen LogP contribution in [0.15, 0.2) is 0 Å². The lowest BCUT2D eigenvalue weighted by Gasteiger charge is -2.18. The number of aromatic nitrogens is 2. The molecular weight excluding hydrogens is 200 g/mol. The number of hydrogen-bond donors (Lipinski definition) is 1. The van der Waals surface area contributed by atoms with Crippen molar-refractivity contribution < 1.29 is 0 Å². The van der Waals surface area contributed by atoms with E-state index in [1.54, 1.807) is 0 Å². The molecule has 86 valence electrons. The Labute approximate surface area is 95.9 Å². The van der Waals surface area contributed by atoms with Crippen LogP contribution in [0.2, 0.25) is 0 Å². The van der Waals surface area contributed by atoms with Gasteiger partial charge in [0.05, 0.1) is 5.69 Å². The van der Waals surface area contributed by atoms with Crippen molar-refractivity contribution in [2.75, 3.05) is 18.8 Å². The topological polar surface area (TPSA) is 55.0 Å². The van der Waals surface area contributed by atoms with Gasteiger partial charge in [0.15, 0.2) is 0 Å². The van der Waals surface area contributed by atoms with E-state index >= 15 is 0 Å². The fourth-order valence-electron chi connectivity index (χ4n) is 2.58. The van der Waals surface area contributed by atoms with Crippen LogP contribution in [0.25, 0.3) is 0 Å². The summed E-state index contributed by atoms with van der Waals surface area (Å²) < 4.78 is 0. The van der Waals surface area contributed by atoms with Gasteiger partial charge in [-0.3, -0.25) is 4.90 Å². The van der Waals surface area contributed by atoms with Crippen molar-refractivity contribution >= 4 is 5.82 Å². The largest absolute Gasteiger partial charge is 0.383 e. The Morgan fingerprint density at radius 2 is 1.94 bits per heavy atom. The number of nitrogens with two attached hydrogens (primary N) is 1. The van der Waals surface area contributed by atoms with Crippen molar-refractivity contribution in [3.8, 4) is 0 Å². The SMILES string of the molecule is Cc1nc(N)c2c(n1)CCN(C1CC1)CC2. The van der Waals surface area contributed by atoms with Gasteiger partial charge in [-0.1, -0.05) is 0 Å². The molecule has 0 bridgehead atoms. The fraction of sp³-hybridized carbons (Fsp3) is 0.667. The van der Waals surface area contributed by atoms with Gasteiger partial charge in [0.1, 0.15) is 11.6 Å². The maximum atomic E-state index is 5.98. The maximum Gasteiger partial charge on any atom is 0.130 e. The summed E-state index contributed by atoms with van der Waals surface area (Å²) in [7, 11) is 0. The molecule has 1 fully saturated rings. The third-order valence-electron chi connectivity index (χ3n) is 3.58. The highest BCUT2D eigenvalue weighted by atomic mass is 15.2. The second kappa shape index (κ2) is 3.70. The minimum atomic E-state index is 0.695. The van der Waals surface area contributed by atoms with Gasteiger partial charge in [-0.05, 0) is 26.2 Å². The molecule has 1 aromatic heterocycles. The minimum Gasteiger partial charge on any atom is -0.383 e. The molecule has 4 heteroatoms. The molecular formula is C12H18N4. The van der Waals surface area contributed by atoms with Crippen molar-refractivity contribution in [1.82, 2.24) is 14.9 Å². The van der Waals surface area contributed by atoms with Gasteiger partial charge < -0.3 is 5.73 Å². The zero-order valence-electron chi connectivity index (χ0n) is 9.74. The van der Waals surface area contributed by atoms with E-state index in [4.69, 9.17) is 5.73 Å². The van der Waals surface area contributed by atoms with Crippen molar-refractivity contribution in [2.24, 2.45) is 0 Å². The second-order valence-electron chi connectivity index (χ2n) is 4.85. The number of nitrogens with zero attached hydrogens (tertiary/aromatic N) is 3. The Kier molecular flexibility index (Phi) is 2.32. The Morgan fingerprint density at radius 1 is 1.19 bits per heavy atom. The average molecular weight is 218 g/mol. The molecule has 2 N–H and O–H groups in total. The summed E-state index contributed by atoms with van der Waals surface area (Å²) in [5.74, 6) is 1.50. The number of aryl methyl sites for hydroxylation is 1. The quantitative estimate of drug-likeness (QED) is 0.762. The van der Waals surface area contributed by atoms with E-state index in [0.717, 1.165) is 37.8 Å². The summed E-state index contributed by atoms with van der Waals surface area (Å²) >= 11 is 0. The maximum absolute atomic E-state index is 5.98. The number of hydrogen-bond acceptors (Lipinski definition) is 4. The van der Waals surface area contributed by atoms with Crippen LogP contribution < -0.4 is 5.73 Å². The highest BCUT2D eigenvalue weighted by Gasteiger charge is 2.30. The Balaban J connectivity index is 1.87. The molecule has 3 rings (SSSR count). The van der Waals surface area contributed by atoms with Gasteiger partial charge >= 0.3 is 0 Å². The lowest BCUT2D eigenvalue weighted by Crippen LogP contribution is -2.28. The molecule has 2 heterocycles. The van der Waals surface area contributed by atoms with Crippen LogP contribution in [0.3, 0.4) is 0 Å². The number of anilines is 1. The first kappa shape index (κ1) is 10.0. The van der Waals surface area contributed by atoms with Gasteiger partial charge in [0.2, 0.25) is 0 Å². The standard InChI is InChI=1S/C12H18N4/c1-8-14-11-5-7-16(9-2-3-9)6-4-10(11)12(13)15-8/h9H,2-7H2,1H3,(H2,13,14,15). The lowest BCUT2D eigenvalue weighted by molar-refractivity contribution is 0.277.